The molecule has 1 aromatic heterocycles. The smallest absolute Gasteiger partial charge is 0.185 e. The van der Waals surface area contributed by atoms with Crippen LogP contribution in [0.15, 0.2) is 40.7 Å². The summed E-state index contributed by atoms with van der Waals surface area (Å²) in [6.45, 7) is 0.584. The molecule has 0 spiro atoms. The van der Waals surface area contributed by atoms with Crippen LogP contribution in [0.5, 0.6) is 0 Å². The van der Waals surface area contributed by atoms with E-state index in [9.17, 15) is 0 Å². The molecule has 0 aliphatic rings. The van der Waals surface area contributed by atoms with Gasteiger partial charge in [0.05, 0.1) is 5.69 Å². The van der Waals surface area contributed by atoms with Crippen molar-refractivity contribution in [3.05, 3.63) is 41.4 Å². The van der Waals surface area contributed by atoms with Gasteiger partial charge in [0.25, 0.3) is 0 Å². The SMILES string of the molecule is I.NC(N)=NCCc1csc(-c2ccccc2)n1. The third-order valence-electron chi connectivity index (χ3n) is 2.23. The largest absolute Gasteiger partial charge is 0.370 e. The highest BCUT2D eigenvalue weighted by Crippen LogP contribution is 2.23. The Balaban J connectivity index is 0.00000162. The Kier molecular flexibility index (Phi) is 6.06. The number of nitrogens with zero attached hydrogens (tertiary/aromatic N) is 2. The summed E-state index contributed by atoms with van der Waals surface area (Å²) < 4.78 is 0. The van der Waals surface area contributed by atoms with Gasteiger partial charge in [-0.2, -0.15) is 0 Å². The Hall–Kier alpha value is -1.15. The molecule has 1 heterocycles. The molecule has 0 radical (unpaired) electrons. The molecule has 1 aromatic carbocycles. The molecule has 96 valence electrons. The van der Waals surface area contributed by atoms with Crippen LogP contribution in [0.2, 0.25) is 0 Å². The first-order valence-electron chi connectivity index (χ1n) is 5.31. The fraction of sp³-hybridized carbons (Fsp3) is 0.167. The molecule has 6 heteroatoms. The summed E-state index contributed by atoms with van der Waals surface area (Å²) >= 11 is 1.64. The highest BCUT2D eigenvalue weighted by molar-refractivity contribution is 14.0. The van der Waals surface area contributed by atoms with Gasteiger partial charge in [0.2, 0.25) is 0 Å². The van der Waals surface area contributed by atoms with Gasteiger partial charge in [-0.15, -0.1) is 35.3 Å². The summed E-state index contributed by atoms with van der Waals surface area (Å²) in [5.41, 5.74) is 12.7. The average molecular weight is 374 g/mol. The van der Waals surface area contributed by atoms with E-state index in [4.69, 9.17) is 11.5 Å². The van der Waals surface area contributed by atoms with Gasteiger partial charge in [-0.25, -0.2) is 4.98 Å². The van der Waals surface area contributed by atoms with E-state index in [0.29, 0.717) is 6.54 Å². The number of rotatable bonds is 4. The van der Waals surface area contributed by atoms with Gasteiger partial charge in [0.15, 0.2) is 5.96 Å². The van der Waals surface area contributed by atoms with E-state index in [1.54, 1.807) is 11.3 Å². The standard InChI is InChI=1S/C12H14N4S.HI/c13-12(14)15-7-6-10-8-17-11(16-10)9-4-2-1-3-5-9;/h1-5,8H,6-7H2,(H4,13,14,15);1H. The molecule has 0 bridgehead atoms. The van der Waals surface area contributed by atoms with Crippen molar-refractivity contribution < 1.29 is 0 Å². The van der Waals surface area contributed by atoms with Crippen molar-refractivity contribution in [2.24, 2.45) is 16.5 Å². The quantitative estimate of drug-likeness (QED) is 0.490. The van der Waals surface area contributed by atoms with E-state index in [1.807, 2.05) is 23.6 Å². The third-order valence-corrected chi connectivity index (χ3v) is 3.17. The summed E-state index contributed by atoms with van der Waals surface area (Å²) in [4.78, 5) is 8.48. The molecular weight excluding hydrogens is 359 g/mol. The van der Waals surface area contributed by atoms with Gasteiger partial charge in [-0.1, -0.05) is 30.3 Å². The molecule has 4 N–H and O–H groups in total. The van der Waals surface area contributed by atoms with Crippen molar-refractivity contribution in [3.8, 4) is 10.6 Å². The number of hydrogen-bond acceptors (Lipinski definition) is 3. The van der Waals surface area contributed by atoms with Crippen LogP contribution >= 0.6 is 35.3 Å². The van der Waals surface area contributed by atoms with Crippen LogP contribution in [-0.4, -0.2) is 17.5 Å². The summed E-state index contributed by atoms with van der Waals surface area (Å²) in [6, 6.07) is 10.1. The molecule has 2 aromatic rings. The minimum Gasteiger partial charge on any atom is -0.370 e. The Morgan fingerprint density at radius 3 is 2.61 bits per heavy atom. The first kappa shape index (κ1) is 14.9. The maximum Gasteiger partial charge on any atom is 0.185 e. The average Bonchev–Trinajstić information content (AvgIpc) is 2.78. The van der Waals surface area contributed by atoms with Crippen molar-refractivity contribution in [2.45, 2.75) is 6.42 Å². The molecule has 0 fully saturated rings. The van der Waals surface area contributed by atoms with Crippen molar-refractivity contribution in [3.63, 3.8) is 0 Å². The number of guanidine groups is 1. The Morgan fingerprint density at radius 1 is 1.22 bits per heavy atom. The Morgan fingerprint density at radius 2 is 1.94 bits per heavy atom. The van der Waals surface area contributed by atoms with Gasteiger partial charge in [-0.05, 0) is 0 Å². The molecular formula is C12H15IN4S. The molecule has 0 atom stereocenters. The topological polar surface area (TPSA) is 77.3 Å². The van der Waals surface area contributed by atoms with Crippen LogP contribution in [0, 0.1) is 0 Å². The zero-order chi connectivity index (χ0) is 12.1. The zero-order valence-electron chi connectivity index (χ0n) is 9.74. The van der Waals surface area contributed by atoms with Crippen LogP contribution in [-0.2, 0) is 6.42 Å². The normalized spacial score (nSPS) is 9.56. The van der Waals surface area contributed by atoms with E-state index < -0.39 is 0 Å². The summed E-state index contributed by atoms with van der Waals surface area (Å²) in [5, 5.41) is 3.08. The van der Waals surface area contributed by atoms with Crippen LogP contribution in [0.3, 0.4) is 0 Å². The first-order chi connectivity index (χ1) is 8.25. The van der Waals surface area contributed by atoms with Crippen molar-refractivity contribution in [2.75, 3.05) is 6.54 Å². The molecule has 0 saturated heterocycles. The van der Waals surface area contributed by atoms with E-state index in [1.165, 1.54) is 0 Å². The van der Waals surface area contributed by atoms with E-state index in [2.05, 4.69) is 22.1 Å². The van der Waals surface area contributed by atoms with E-state index in [0.717, 1.165) is 22.7 Å². The fourth-order valence-electron chi connectivity index (χ4n) is 1.43. The minimum atomic E-state index is 0. The summed E-state index contributed by atoms with van der Waals surface area (Å²) in [6.07, 6.45) is 0.765. The minimum absolute atomic E-state index is 0. The number of hydrogen-bond donors (Lipinski definition) is 2. The predicted octanol–water partition coefficient (Wildman–Crippen LogP) is 2.24. The number of aliphatic imine (C=N–C) groups is 1. The monoisotopic (exact) mass is 374 g/mol. The number of nitrogens with two attached hydrogens (primary N) is 2. The lowest BCUT2D eigenvalue weighted by Gasteiger charge is -1.94. The first-order valence-corrected chi connectivity index (χ1v) is 6.19. The van der Waals surface area contributed by atoms with Crippen LogP contribution in [0.4, 0.5) is 0 Å². The summed E-state index contributed by atoms with van der Waals surface area (Å²) in [5.74, 6) is 0.128. The van der Waals surface area contributed by atoms with Gasteiger partial charge < -0.3 is 11.5 Å². The molecule has 18 heavy (non-hydrogen) atoms. The van der Waals surface area contributed by atoms with Crippen molar-refractivity contribution in [1.82, 2.24) is 4.98 Å². The van der Waals surface area contributed by atoms with Gasteiger partial charge >= 0.3 is 0 Å². The number of thiazole rings is 1. The molecule has 0 amide bonds. The summed E-state index contributed by atoms with van der Waals surface area (Å²) in [7, 11) is 0. The van der Waals surface area contributed by atoms with E-state index in [-0.39, 0.29) is 29.9 Å². The molecule has 0 unspecified atom stereocenters. The lowest BCUT2D eigenvalue weighted by atomic mass is 10.2. The highest BCUT2D eigenvalue weighted by atomic mass is 127. The van der Waals surface area contributed by atoms with Crippen molar-refractivity contribution in [1.29, 1.82) is 0 Å². The lowest BCUT2D eigenvalue weighted by molar-refractivity contribution is 0.932. The number of aromatic nitrogens is 1. The molecule has 4 nitrogen and oxygen atoms in total. The molecule has 2 rings (SSSR count). The second-order valence-electron chi connectivity index (χ2n) is 3.57. The molecule has 0 aliphatic carbocycles. The molecule has 0 aliphatic heterocycles. The lowest BCUT2D eigenvalue weighted by Crippen LogP contribution is -2.23. The van der Waals surface area contributed by atoms with E-state index >= 15 is 0 Å². The van der Waals surface area contributed by atoms with Crippen molar-refractivity contribution >= 4 is 41.3 Å². The maximum absolute atomic E-state index is 5.26. The number of benzene rings is 1. The van der Waals surface area contributed by atoms with Crippen LogP contribution in [0.25, 0.3) is 10.6 Å². The van der Waals surface area contributed by atoms with Gasteiger partial charge in [-0.3, -0.25) is 4.99 Å². The highest BCUT2D eigenvalue weighted by Gasteiger charge is 2.03. The molecule has 0 saturated carbocycles. The fourth-order valence-corrected chi connectivity index (χ4v) is 2.30. The zero-order valence-corrected chi connectivity index (χ0v) is 12.9. The second kappa shape index (κ2) is 7.32. The van der Waals surface area contributed by atoms with Gasteiger partial charge in [0.1, 0.15) is 5.01 Å². The third kappa shape index (κ3) is 4.26. The Labute approximate surface area is 127 Å². The van der Waals surface area contributed by atoms with Crippen LogP contribution in [0.1, 0.15) is 5.69 Å². The predicted molar refractivity (Wildman–Crippen MR) is 87.3 cm³/mol. The Bertz CT molecular complexity index is 506. The van der Waals surface area contributed by atoms with Gasteiger partial charge in [0, 0.05) is 23.9 Å². The van der Waals surface area contributed by atoms with Crippen LogP contribution < -0.4 is 11.5 Å². The number of halogens is 1. The second-order valence-corrected chi connectivity index (χ2v) is 4.42. The maximum atomic E-state index is 5.26.